The van der Waals surface area contributed by atoms with Crippen LogP contribution in [0, 0.1) is 5.41 Å². The van der Waals surface area contributed by atoms with Crippen molar-refractivity contribution in [2.75, 3.05) is 50.7 Å². The molecule has 130 valence electrons. The maximum absolute atomic E-state index is 12.6. The lowest BCUT2D eigenvalue weighted by molar-refractivity contribution is -0.132. The normalized spacial score (nSPS) is 23.5. The van der Waals surface area contributed by atoms with Crippen molar-refractivity contribution in [3.63, 3.8) is 0 Å². The highest BCUT2D eigenvalue weighted by molar-refractivity contribution is 6.30. The van der Waals surface area contributed by atoms with Crippen molar-refractivity contribution in [3.05, 3.63) is 29.3 Å². The predicted octanol–water partition coefficient (Wildman–Crippen LogP) is 2.86. The minimum atomic E-state index is 0.303. The summed E-state index contributed by atoms with van der Waals surface area (Å²) in [4.78, 5) is 19.3. The van der Waals surface area contributed by atoms with Crippen LogP contribution in [0.25, 0.3) is 0 Å². The Morgan fingerprint density at radius 2 is 1.88 bits per heavy atom. The Kier molecular flexibility index (Phi) is 4.44. The Morgan fingerprint density at radius 3 is 2.50 bits per heavy atom. The van der Waals surface area contributed by atoms with E-state index >= 15 is 0 Å². The number of halogens is 1. The number of piperazine rings is 1. The van der Waals surface area contributed by atoms with Crippen molar-refractivity contribution in [3.8, 4) is 0 Å². The number of likely N-dealkylation sites (tertiary alicyclic amines) is 1. The lowest BCUT2D eigenvalue weighted by Gasteiger charge is -2.39. The monoisotopic (exact) mass is 347 g/mol. The maximum Gasteiger partial charge on any atom is 0.236 e. The highest BCUT2D eigenvalue weighted by Crippen LogP contribution is 2.47. The predicted molar refractivity (Wildman–Crippen MR) is 97.6 cm³/mol. The molecule has 0 N–H and O–H groups in total. The van der Waals surface area contributed by atoms with Gasteiger partial charge in [-0.25, -0.2) is 0 Å². The molecule has 2 heterocycles. The van der Waals surface area contributed by atoms with Gasteiger partial charge in [-0.2, -0.15) is 0 Å². The minimum absolute atomic E-state index is 0.303. The van der Waals surface area contributed by atoms with Gasteiger partial charge in [-0.3, -0.25) is 9.69 Å². The number of carbonyl (C=O) groups excluding carboxylic acids is 1. The minimum Gasteiger partial charge on any atom is -0.368 e. The van der Waals surface area contributed by atoms with Crippen LogP contribution in [0.5, 0.6) is 0 Å². The van der Waals surface area contributed by atoms with Crippen molar-refractivity contribution < 1.29 is 4.79 Å². The third-order valence-electron chi connectivity index (χ3n) is 6.10. The largest absolute Gasteiger partial charge is 0.368 e. The first-order chi connectivity index (χ1) is 11.6. The third-order valence-corrected chi connectivity index (χ3v) is 6.33. The first kappa shape index (κ1) is 16.2. The third kappa shape index (κ3) is 3.27. The molecule has 3 fully saturated rings. The van der Waals surface area contributed by atoms with E-state index in [0.717, 1.165) is 50.0 Å². The van der Waals surface area contributed by atoms with E-state index in [9.17, 15) is 4.79 Å². The second-order valence-corrected chi connectivity index (χ2v) is 8.10. The molecular formula is C19H26ClN3O. The van der Waals surface area contributed by atoms with Crippen molar-refractivity contribution in [1.82, 2.24) is 9.80 Å². The summed E-state index contributed by atoms with van der Waals surface area (Å²) in [6, 6.07) is 7.97. The first-order valence-electron chi connectivity index (χ1n) is 9.14. The second kappa shape index (κ2) is 6.57. The molecule has 1 aliphatic carbocycles. The molecule has 1 amide bonds. The highest BCUT2D eigenvalue weighted by Gasteiger charge is 2.43. The SMILES string of the molecule is O=C(CN1CCC2(CCC2)C1)N1CCN(c2cccc(Cl)c2)CC1. The molecule has 1 saturated carbocycles. The van der Waals surface area contributed by atoms with Gasteiger partial charge in [0.05, 0.1) is 6.54 Å². The summed E-state index contributed by atoms with van der Waals surface area (Å²) < 4.78 is 0. The maximum atomic E-state index is 12.6. The molecule has 4 rings (SSSR count). The average molecular weight is 348 g/mol. The standard InChI is InChI=1S/C19H26ClN3O/c20-16-3-1-4-17(13-16)22-9-11-23(12-10-22)18(24)14-21-8-7-19(15-21)5-2-6-19/h1,3-4,13H,2,5-12,14-15H2. The first-order valence-corrected chi connectivity index (χ1v) is 9.52. The van der Waals surface area contributed by atoms with Gasteiger partial charge in [-0.1, -0.05) is 24.1 Å². The van der Waals surface area contributed by atoms with Gasteiger partial charge in [0.25, 0.3) is 0 Å². The molecule has 0 aromatic heterocycles. The fourth-order valence-corrected chi connectivity index (χ4v) is 4.61. The number of nitrogens with zero attached hydrogens (tertiary/aromatic N) is 3. The summed E-state index contributed by atoms with van der Waals surface area (Å²) in [5.74, 6) is 0.303. The van der Waals surface area contributed by atoms with Gasteiger partial charge in [-0.05, 0) is 49.4 Å². The Bertz CT molecular complexity index is 608. The van der Waals surface area contributed by atoms with Crippen LogP contribution in [0.15, 0.2) is 24.3 Å². The van der Waals surface area contributed by atoms with E-state index in [0.29, 0.717) is 17.9 Å². The van der Waals surface area contributed by atoms with Gasteiger partial charge in [0.15, 0.2) is 0 Å². The fraction of sp³-hybridized carbons (Fsp3) is 0.632. The molecule has 24 heavy (non-hydrogen) atoms. The Balaban J connectivity index is 1.27. The molecule has 0 atom stereocenters. The van der Waals surface area contributed by atoms with Crippen molar-refractivity contribution in [2.45, 2.75) is 25.7 Å². The summed E-state index contributed by atoms with van der Waals surface area (Å²) in [7, 11) is 0. The van der Waals surface area contributed by atoms with Crippen LogP contribution in [0.1, 0.15) is 25.7 Å². The summed E-state index contributed by atoms with van der Waals surface area (Å²) in [5, 5.41) is 0.768. The van der Waals surface area contributed by atoms with Crippen LogP contribution in [0.4, 0.5) is 5.69 Å². The molecule has 2 aliphatic heterocycles. The summed E-state index contributed by atoms with van der Waals surface area (Å²) >= 11 is 6.08. The topological polar surface area (TPSA) is 26.8 Å². The zero-order valence-electron chi connectivity index (χ0n) is 14.2. The number of hydrogen-bond donors (Lipinski definition) is 0. The van der Waals surface area contributed by atoms with Gasteiger partial charge in [0.2, 0.25) is 5.91 Å². The molecule has 0 bridgehead atoms. The number of hydrogen-bond acceptors (Lipinski definition) is 3. The number of carbonyl (C=O) groups is 1. The Labute approximate surface area is 149 Å². The molecular weight excluding hydrogens is 322 g/mol. The number of anilines is 1. The quantitative estimate of drug-likeness (QED) is 0.841. The summed E-state index contributed by atoms with van der Waals surface area (Å²) in [6.45, 7) is 6.25. The van der Waals surface area contributed by atoms with Crippen molar-refractivity contribution in [1.29, 1.82) is 0 Å². The van der Waals surface area contributed by atoms with E-state index in [-0.39, 0.29) is 0 Å². The number of rotatable bonds is 3. The van der Waals surface area contributed by atoms with Crippen LogP contribution >= 0.6 is 11.6 Å². The Hall–Kier alpha value is -1.26. The van der Waals surface area contributed by atoms with Gasteiger partial charge >= 0.3 is 0 Å². The van der Waals surface area contributed by atoms with Gasteiger partial charge in [0.1, 0.15) is 0 Å². The van der Waals surface area contributed by atoms with E-state index in [1.54, 1.807) is 0 Å². The molecule has 3 aliphatic rings. The van der Waals surface area contributed by atoms with E-state index in [4.69, 9.17) is 11.6 Å². The molecule has 5 heteroatoms. The molecule has 2 saturated heterocycles. The fourth-order valence-electron chi connectivity index (χ4n) is 4.43. The highest BCUT2D eigenvalue weighted by atomic mass is 35.5. The van der Waals surface area contributed by atoms with E-state index in [1.807, 2.05) is 23.1 Å². The number of amides is 1. The zero-order valence-corrected chi connectivity index (χ0v) is 15.0. The average Bonchev–Trinajstić information content (AvgIpc) is 2.99. The smallest absolute Gasteiger partial charge is 0.236 e. The van der Waals surface area contributed by atoms with Gasteiger partial charge in [-0.15, -0.1) is 0 Å². The van der Waals surface area contributed by atoms with Gasteiger partial charge in [0, 0.05) is 43.4 Å². The molecule has 1 aromatic carbocycles. The summed E-state index contributed by atoms with van der Waals surface area (Å²) in [5.41, 5.74) is 1.73. The van der Waals surface area contributed by atoms with Gasteiger partial charge < -0.3 is 9.80 Å². The van der Waals surface area contributed by atoms with Crippen LogP contribution in [0.2, 0.25) is 5.02 Å². The van der Waals surface area contributed by atoms with E-state index in [1.165, 1.54) is 25.7 Å². The second-order valence-electron chi connectivity index (χ2n) is 7.66. The summed E-state index contributed by atoms with van der Waals surface area (Å²) in [6.07, 6.45) is 5.42. The van der Waals surface area contributed by atoms with Crippen LogP contribution in [-0.4, -0.2) is 61.5 Å². The molecule has 1 aromatic rings. The molecule has 0 radical (unpaired) electrons. The van der Waals surface area contributed by atoms with Crippen molar-refractivity contribution >= 4 is 23.2 Å². The van der Waals surface area contributed by atoms with Crippen molar-refractivity contribution in [2.24, 2.45) is 5.41 Å². The van der Waals surface area contributed by atoms with E-state index in [2.05, 4.69) is 15.9 Å². The molecule has 4 nitrogen and oxygen atoms in total. The zero-order chi connectivity index (χ0) is 16.6. The Morgan fingerprint density at radius 1 is 1.08 bits per heavy atom. The van der Waals surface area contributed by atoms with Crippen LogP contribution < -0.4 is 4.90 Å². The van der Waals surface area contributed by atoms with E-state index < -0.39 is 0 Å². The number of benzene rings is 1. The van der Waals surface area contributed by atoms with Crippen LogP contribution in [0.3, 0.4) is 0 Å². The lowest BCUT2D eigenvalue weighted by atomic mass is 9.68. The molecule has 1 spiro atoms. The lowest BCUT2D eigenvalue weighted by Crippen LogP contribution is -2.51. The van der Waals surface area contributed by atoms with Crippen LogP contribution in [-0.2, 0) is 4.79 Å². The molecule has 0 unspecified atom stereocenters.